The van der Waals surface area contributed by atoms with Gasteiger partial charge in [0.25, 0.3) is 0 Å². The Morgan fingerprint density at radius 1 is 1.21 bits per heavy atom. The SMILES string of the molecule is CC(SC1=NN=C(c2ccc(F)nc2)C1)C(=O)Nc1ccccc1. The molecule has 1 unspecified atom stereocenters. The first kappa shape index (κ1) is 16.3. The molecule has 122 valence electrons. The number of nitrogens with zero attached hydrogens (tertiary/aromatic N) is 3. The highest BCUT2D eigenvalue weighted by molar-refractivity contribution is 8.15. The van der Waals surface area contributed by atoms with Crippen molar-refractivity contribution in [2.24, 2.45) is 10.2 Å². The summed E-state index contributed by atoms with van der Waals surface area (Å²) in [4.78, 5) is 15.8. The summed E-state index contributed by atoms with van der Waals surface area (Å²) in [6, 6.07) is 12.2. The van der Waals surface area contributed by atoms with Gasteiger partial charge in [0.05, 0.1) is 11.0 Å². The normalized spacial score (nSPS) is 14.8. The number of carbonyl (C=O) groups excluding carboxylic acids is 1. The zero-order chi connectivity index (χ0) is 16.9. The molecule has 0 saturated heterocycles. The lowest BCUT2D eigenvalue weighted by Gasteiger charge is -2.11. The molecule has 1 amide bonds. The number of benzene rings is 1. The molecule has 0 saturated carbocycles. The van der Waals surface area contributed by atoms with Crippen molar-refractivity contribution in [1.29, 1.82) is 0 Å². The number of halogens is 1. The smallest absolute Gasteiger partial charge is 0.237 e. The van der Waals surface area contributed by atoms with Crippen molar-refractivity contribution < 1.29 is 9.18 Å². The molecule has 1 aliphatic rings. The monoisotopic (exact) mass is 342 g/mol. The van der Waals surface area contributed by atoms with Crippen molar-refractivity contribution in [2.75, 3.05) is 5.32 Å². The molecular weight excluding hydrogens is 327 g/mol. The Kier molecular flexibility index (Phi) is 5.00. The van der Waals surface area contributed by atoms with Crippen LogP contribution in [0.2, 0.25) is 0 Å². The summed E-state index contributed by atoms with van der Waals surface area (Å²) in [6.07, 6.45) is 1.95. The fraction of sp³-hybridized carbons (Fsp3) is 0.176. The van der Waals surface area contributed by atoms with E-state index >= 15 is 0 Å². The van der Waals surface area contributed by atoms with Gasteiger partial charge < -0.3 is 5.32 Å². The Hall–Kier alpha value is -2.54. The maximum Gasteiger partial charge on any atom is 0.237 e. The lowest BCUT2D eigenvalue weighted by molar-refractivity contribution is -0.115. The summed E-state index contributed by atoms with van der Waals surface area (Å²) in [7, 11) is 0. The van der Waals surface area contributed by atoms with Crippen LogP contribution in [0.25, 0.3) is 0 Å². The number of rotatable bonds is 4. The van der Waals surface area contributed by atoms with E-state index in [0.29, 0.717) is 6.42 Å². The number of pyridine rings is 1. The first-order chi connectivity index (χ1) is 11.6. The van der Waals surface area contributed by atoms with Crippen molar-refractivity contribution in [2.45, 2.75) is 18.6 Å². The zero-order valence-electron chi connectivity index (χ0n) is 12.9. The molecule has 1 N–H and O–H groups in total. The molecule has 1 aliphatic heterocycles. The number of thioether (sulfide) groups is 1. The predicted molar refractivity (Wildman–Crippen MR) is 94.9 cm³/mol. The molecule has 0 spiro atoms. The quantitative estimate of drug-likeness (QED) is 0.865. The molecule has 24 heavy (non-hydrogen) atoms. The minimum atomic E-state index is -0.529. The van der Waals surface area contributed by atoms with E-state index in [9.17, 15) is 9.18 Å². The zero-order valence-corrected chi connectivity index (χ0v) is 13.8. The second-order valence-corrected chi connectivity index (χ2v) is 6.62. The highest BCUT2D eigenvalue weighted by atomic mass is 32.2. The van der Waals surface area contributed by atoms with Gasteiger partial charge in [-0.2, -0.15) is 9.49 Å². The van der Waals surface area contributed by atoms with Crippen molar-refractivity contribution in [1.82, 2.24) is 4.98 Å². The molecule has 0 fully saturated rings. The van der Waals surface area contributed by atoms with Gasteiger partial charge in [0, 0.05) is 23.9 Å². The molecule has 0 radical (unpaired) electrons. The molecule has 2 aromatic rings. The first-order valence-electron chi connectivity index (χ1n) is 7.40. The standard InChI is InChI=1S/C17H15FN4OS/c1-11(17(23)20-13-5-3-2-4-6-13)24-16-9-14(21-22-16)12-7-8-15(18)19-10-12/h2-8,10-11H,9H2,1H3,(H,20,23). The summed E-state index contributed by atoms with van der Waals surface area (Å²) < 4.78 is 12.9. The number of carbonyl (C=O) groups is 1. The van der Waals surface area contributed by atoms with Gasteiger partial charge in [0.2, 0.25) is 11.9 Å². The summed E-state index contributed by atoms with van der Waals surface area (Å²) in [5.41, 5.74) is 2.22. The van der Waals surface area contributed by atoms with Gasteiger partial charge >= 0.3 is 0 Å². The number of hydrogen-bond donors (Lipinski definition) is 1. The molecule has 5 nitrogen and oxygen atoms in total. The van der Waals surface area contributed by atoms with Gasteiger partial charge in [-0.15, -0.1) is 5.10 Å². The number of aromatic nitrogens is 1. The lowest BCUT2D eigenvalue weighted by atomic mass is 10.1. The first-order valence-corrected chi connectivity index (χ1v) is 8.27. The molecule has 1 aromatic carbocycles. The van der Waals surface area contributed by atoms with Crippen LogP contribution in [0.1, 0.15) is 18.9 Å². The predicted octanol–water partition coefficient (Wildman–Crippen LogP) is 3.49. The summed E-state index contributed by atoms with van der Waals surface area (Å²) in [6.45, 7) is 1.82. The number of para-hydroxylation sites is 1. The van der Waals surface area contributed by atoms with E-state index in [0.717, 1.165) is 22.0 Å². The maximum absolute atomic E-state index is 12.9. The van der Waals surface area contributed by atoms with Gasteiger partial charge in [-0.25, -0.2) is 4.98 Å². The molecule has 1 atom stereocenters. The molecule has 0 aliphatic carbocycles. The van der Waals surface area contributed by atoms with E-state index in [1.807, 2.05) is 37.3 Å². The van der Waals surface area contributed by atoms with Crippen LogP contribution < -0.4 is 5.32 Å². The van der Waals surface area contributed by atoms with E-state index in [1.54, 1.807) is 6.07 Å². The highest BCUT2D eigenvalue weighted by Crippen LogP contribution is 2.23. The third-order valence-corrected chi connectivity index (χ3v) is 4.45. The van der Waals surface area contributed by atoms with Crippen LogP contribution in [0.5, 0.6) is 0 Å². The van der Waals surface area contributed by atoms with Gasteiger partial charge in [-0.05, 0) is 31.2 Å². The largest absolute Gasteiger partial charge is 0.325 e. The third-order valence-electron chi connectivity index (χ3n) is 3.38. The molecule has 2 heterocycles. The Balaban J connectivity index is 1.54. The number of hydrogen-bond acceptors (Lipinski definition) is 5. The Morgan fingerprint density at radius 2 is 2.00 bits per heavy atom. The van der Waals surface area contributed by atoms with E-state index in [4.69, 9.17) is 0 Å². The van der Waals surface area contributed by atoms with Gasteiger partial charge in [0.1, 0.15) is 5.04 Å². The second kappa shape index (κ2) is 7.35. The topological polar surface area (TPSA) is 66.7 Å². The molecule has 7 heteroatoms. The van der Waals surface area contributed by atoms with E-state index in [1.165, 1.54) is 24.0 Å². The minimum absolute atomic E-state index is 0.0919. The van der Waals surface area contributed by atoms with Crippen LogP contribution in [0.4, 0.5) is 10.1 Å². The van der Waals surface area contributed by atoms with Crippen molar-refractivity contribution >= 4 is 34.1 Å². The van der Waals surface area contributed by atoms with Crippen LogP contribution in [-0.4, -0.2) is 26.9 Å². The second-order valence-electron chi connectivity index (χ2n) is 5.20. The van der Waals surface area contributed by atoms with Crippen LogP contribution in [-0.2, 0) is 4.79 Å². The lowest BCUT2D eigenvalue weighted by Crippen LogP contribution is -2.23. The van der Waals surface area contributed by atoms with E-state index < -0.39 is 5.95 Å². The minimum Gasteiger partial charge on any atom is -0.325 e. The Bertz CT molecular complexity index is 790. The third kappa shape index (κ3) is 4.05. The Labute approximate surface area is 143 Å². The van der Waals surface area contributed by atoms with Crippen molar-refractivity contribution in [3.8, 4) is 0 Å². The average molecular weight is 342 g/mol. The fourth-order valence-corrected chi connectivity index (χ4v) is 3.01. The van der Waals surface area contributed by atoms with E-state index in [-0.39, 0.29) is 11.2 Å². The number of nitrogens with one attached hydrogen (secondary N) is 1. The van der Waals surface area contributed by atoms with Gasteiger partial charge in [-0.1, -0.05) is 30.0 Å². The number of amides is 1. The molecule has 3 rings (SSSR count). The van der Waals surface area contributed by atoms with Crippen molar-refractivity contribution in [3.63, 3.8) is 0 Å². The summed E-state index contributed by atoms with van der Waals surface area (Å²) in [5, 5.41) is 11.5. The van der Waals surface area contributed by atoms with Crippen LogP contribution >= 0.6 is 11.8 Å². The summed E-state index contributed by atoms with van der Waals surface area (Å²) in [5.74, 6) is -0.620. The van der Waals surface area contributed by atoms with Crippen LogP contribution in [0, 0.1) is 5.95 Å². The van der Waals surface area contributed by atoms with Gasteiger partial charge in [-0.3, -0.25) is 4.79 Å². The van der Waals surface area contributed by atoms with Crippen LogP contribution in [0.3, 0.4) is 0 Å². The maximum atomic E-state index is 12.9. The highest BCUT2D eigenvalue weighted by Gasteiger charge is 2.21. The Morgan fingerprint density at radius 3 is 2.71 bits per heavy atom. The fourth-order valence-electron chi connectivity index (χ4n) is 2.12. The molecule has 1 aromatic heterocycles. The average Bonchev–Trinajstić information content (AvgIpc) is 3.05. The van der Waals surface area contributed by atoms with Crippen LogP contribution in [0.15, 0.2) is 58.9 Å². The molecule has 0 bridgehead atoms. The van der Waals surface area contributed by atoms with Crippen molar-refractivity contribution in [3.05, 3.63) is 60.2 Å². The summed E-state index contributed by atoms with van der Waals surface area (Å²) >= 11 is 1.36. The van der Waals surface area contributed by atoms with E-state index in [2.05, 4.69) is 20.5 Å². The molecular formula is C17H15FN4OS. The van der Waals surface area contributed by atoms with Gasteiger partial charge in [0.15, 0.2) is 0 Å². The number of anilines is 1.